The van der Waals surface area contributed by atoms with Crippen LogP contribution in [0, 0.1) is 5.92 Å². The molecule has 1 amide bonds. The number of nitrogens with zero attached hydrogens (tertiary/aromatic N) is 1. The molecular formula is C10H15N3O. The van der Waals surface area contributed by atoms with E-state index in [1.54, 1.807) is 18.3 Å². The molecule has 0 atom stereocenters. The third-order valence-electron chi connectivity index (χ3n) is 1.65. The Morgan fingerprint density at radius 3 is 2.93 bits per heavy atom. The van der Waals surface area contributed by atoms with Crippen LogP contribution in [0.2, 0.25) is 0 Å². The lowest BCUT2D eigenvalue weighted by Gasteiger charge is -2.06. The number of carbonyl (C=O) groups excluding carboxylic acids is 1. The van der Waals surface area contributed by atoms with E-state index >= 15 is 0 Å². The molecule has 0 aromatic carbocycles. The average molecular weight is 193 g/mol. The third kappa shape index (κ3) is 3.43. The number of nitrogen functional groups attached to an aromatic ring is 1. The highest BCUT2D eigenvalue weighted by Crippen LogP contribution is 2.09. The Hall–Kier alpha value is -1.58. The number of amides is 1. The molecule has 1 aromatic heterocycles. The number of nitrogens with one attached hydrogen (secondary N) is 1. The van der Waals surface area contributed by atoms with Gasteiger partial charge in [-0.3, -0.25) is 4.79 Å². The summed E-state index contributed by atoms with van der Waals surface area (Å²) < 4.78 is 0. The minimum absolute atomic E-state index is 0.0295. The zero-order valence-corrected chi connectivity index (χ0v) is 8.45. The second kappa shape index (κ2) is 4.60. The van der Waals surface area contributed by atoms with Crippen LogP contribution < -0.4 is 11.1 Å². The lowest BCUT2D eigenvalue weighted by Crippen LogP contribution is -2.14. The highest BCUT2D eigenvalue weighted by Gasteiger charge is 2.05. The molecule has 1 heterocycles. The number of aromatic nitrogens is 1. The highest BCUT2D eigenvalue weighted by molar-refractivity contribution is 5.90. The topological polar surface area (TPSA) is 68.0 Å². The van der Waals surface area contributed by atoms with E-state index in [1.165, 1.54) is 0 Å². The summed E-state index contributed by atoms with van der Waals surface area (Å²) in [5.41, 5.74) is 6.14. The molecule has 4 nitrogen and oxygen atoms in total. The molecule has 0 fully saturated rings. The van der Waals surface area contributed by atoms with Gasteiger partial charge in [0.25, 0.3) is 0 Å². The first-order valence-electron chi connectivity index (χ1n) is 4.59. The SMILES string of the molecule is CC(C)CC(=O)Nc1cc(N)ccn1. The Labute approximate surface area is 83.5 Å². The number of anilines is 2. The second-order valence-corrected chi connectivity index (χ2v) is 3.62. The molecule has 4 heteroatoms. The van der Waals surface area contributed by atoms with Crippen molar-refractivity contribution in [2.75, 3.05) is 11.1 Å². The minimum Gasteiger partial charge on any atom is -0.399 e. The van der Waals surface area contributed by atoms with Gasteiger partial charge in [0, 0.05) is 24.4 Å². The van der Waals surface area contributed by atoms with Crippen LogP contribution >= 0.6 is 0 Å². The predicted octanol–water partition coefficient (Wildman–Crippen LogP) is 1.65. The van der Waals surface area contributed by atoms with E-state index in [4.69, 9.17) is 5.73 Å². The largest absolute Gasteiger partial charge is 0.399 e. The molecule has 0 aliphatic heterocycles. The van der Waals surface area contributed by atoms with Crippen LogP contribution in [-0.4, -0.2) is 10.9 Å². The summed E-state index contributed by atoms with van der Waals surface area (Å²) in [5.74, 6) is 0.824. The summed E-state index contributed by atoms with van der Waals surface area (Å²) in [6.07, 6.45) is 2.07. The van der Waals surface area contributed by atoms with Gasteiger partial charge in [-0.25, -0.2) is 4.98 Å². The third-order valence-corrected chi connectivity index (χ3v) is 1.65. The van der Waals surface area contributed by atoms with Crippen molar-refractivity contribution >= 4 is 17.4 Å². The van der Waals surface area contributed by atoms with E-state index < -0.39 is 0 Å². The van der Waals surface area contributed by atoms with E-state index in [-0.39, 0.29) is 5.91 Å². The van der Waals surface area contributed by atoms with Crippen molar-refractivity contribution in [1.82, 2.24) is 4.98 Å². The van der Waals surface area contributed by atoms with Crippen LogP contribution in [-0.2, 0) is 4.79 Å². The Balaban J connectivity index is 2.56. The lowest BCUT2D eigenvalue weighted by atomic mass is 10.1. The molecule has 0 saturated carbocycles. The minimum atomic E-state index is -0.0295. The molecule has 1 rings (SSSR count). The number of rotatable bonds is 3. The molecule has 1 aromatic rings. The summed E-state index contributed by atoms with van der Waals surface area (Å²) in [7, 11) is 0. The zero-order chi connectivity index (χ0) is 10.6. The van der Waals surface area contributed by atoms with Crippen molar-refractivity contribution in [2.45, 2.75) is 20.3 Å². The molecule has 0 spiro atoms. The first-order chi connectivity index (χ1) is 6.58. The summed E-state index contributed by atoms with van der Waals surface area (Å²) in [4.78, 5) is 15.3. The maximum absolute atomic E-state index is 11.3. The zero-order valence-electron chi connectivity index (χ0n) is 8.45. The van der Waals surface area contributed by atoms with Gasteiger partial charge in [0.2, 0.25) is 5.91 Å². The maximum atomic E-state index is 11.3. The van der Waals surface area contributed by atoms with Crippen molar-refractivity contribution in [1.29, 1.82) is 0 Å². The summed E-state index contributed by atoms with van der Waals surface area (Å²) >= 11 is 0. The second-order valence-electron chi connectivity index (χ2n) is 3.62. The highest BCUT2D eigenvalue weighted by atomic mass is 16.1. The van der Waals surface area contributed by atoms with E-state index in [0.717, 1.165) is 0 Å². The molecule has 0 aliphatic rings. The standard InChI is InChI=1S/C10H15N3O/c1-7(2)5-10(14)13-9-6-8(11)3-4-12-9/h3-4,6-7H,5H2,1-2H3,(H3,11,12,13,14). The number of pyridine rings is 1. The Morgan fingerprint density at radius 2 is 2.36 bits per heavy atom. The van der Waals surface area contributed by atoms with Crippen molar-refractivity contribution in [3.8, 4) is 0 Å². The van der Waals surface area contributed by atoms with E-state index in [2.05, 4.69) is 10.3 Å². The molecule has 0 saturated heterocycles. The molecule has 14 heavy (non-hydrogen) atoms. The van der Waals surface area contributed by atoms with E-state index in [9.17, 15) is 4.79 Å². The van der Waals surface area contributed by atoms with Gasteiger partial charge < -0.3 is 11.1 Å². The van der Waals surface area contributed by atoms with Crippen molar-refractivity contribution in [3.05, 3.63) is 18.3 Å². The van der Waals surface area contributed by atoms with Gasteiger partial charge >= 0.3 is 0 Å². The molecule has 76 valence electrons. The Bertz CT molecular complexity index is 323. The number of nitrogens with two attached hydrogens (primary N) is 1. The fraction of sp³-hybridized carbons (Fsp3) is 0.400. The summed E-state index contributed by atoms with van der Waals surface area (Å²) in [6, 6.07) is 3.32. The van der Waals surface area contributed by atoms with Crippen LogP contribution in [0.4, 0.5) is 11.5 Å². The molecular weight excluding hydrogens is 178 g/mol. The van der Waals surface area contributed by atoms with Crippen molar-refractivity contribution < 1.29 is 4.79 Å². The van der Waals surface area contributed by atoms with E-state index in [0.29, 0.717) is 23.8 Å². The molecule has 0 unspecified atom stereocenters. The van der Waals surface area contributed by atoms with Gasteiger partial charge in [-0.2, -0.15) is 0 Å². The number of hydrogen-bond acceptors (Lipinski definition) is 3. The average Bonchev–Trinajstić information content (AvgIpc) is 2.01. The van der Waals surface area contributed by atoms with Crippen LogP contribution in [0.15, 0.2) is 18.3 Å². The molecule has 0 bridgehead atoms. The summed E-state index contributed by atoms with van der Waals surface area (Å²) in [6.45, 7) is 3.98. The van der Waals surface area contributed by atoms with Gasteiger partial charge in [-0.05, 0) is 12.0 Å². The first kappa shape index (κ1) is 10.5. The monoisotopic (exact) mass is 193 g/mol. The maximum Gasteiger partial charge on any atom is 0.225 e. The molecule has 0 aliphatic carbocycles. The van der Waals surface area contributed by atoms with Crippen LogP contribution in [0.1, 0.15) is 20.3 Å². The summed E-state index contributed by atoms with van der Waals surface area (Å²) in [5, 5.41) is 2.68. The van der Waals surface area contributed by atoms with E-state index in [1.807, 2.05) is 13.8 Å². The van der Waals surface area contributed by atoms with Gasteiger partial charge in [-0.15, -0.1) is 0 Å². The molecule has 3 N–H and O–H groups in total. The predicted molar refractivity (Wildman–Crippen MR) is 56.7 cm³/mol. The van der Waals surface area contributed by atoms with Crippen LogP contribution in [0.3, 0.4) is 0 Å². The van der Waals surface area contributed by atoms with Crippen LogP contribution in [0.5, 0.6) is 0 Å². The van der Waals surface area contributed by atoms with Crippen molar-refractivity contribution in [3.63, 3.8) is 0 Å². The van der Waals surface area contributed by atoms with Gasteiger partial charge in [0.1, 0.15) is 5.82 Å². The fourth-order valence-electron chi connectivity index (χ4n) is 1.08. The van der Waals surface area contributed by atoms with Gasteiger partial charge in [0.05, 0.1) is 0 Å². The quantitative estimate of drug-likeness (QED) is 0.766. The van der Waals surface area contributed by atoms with Crippen LogP contribution in [0.25, 0.3) is 0 Å². The fourth-order valence-corrected chi connectivity index (χ4v) is 1.08. The first-order valence-corrected chi connectivity index (χ1v) is 4.59. The smallest absolute Gasteiger partial charge is 0.225 e. The van der Waals surface area contributed by atoms with Crippen molar-refractivity contribution in [2.24, 2.45) is 5.92 Å². The number of carbonyl (C=O) groups is 1. The Morgan fingerprint density at radius 1 is 1.64 bits per heavy atom. The molecule has 0 radical (unpaired) electrons. The normalized spacial score (nSPS) is 10.2. The lowest BCUT2D eigenvalue weighted by molar-refractivity contribution is -0.116. The van der Waals surface area contributed by atoms with Gasteiger partial charge in [-0.1, -0.05) is 13.8 Å². The number of hydrogen-bond donors (Lipinski definition) is 2. The van der Waals surface area contributed by atoms with Gasteiger partial charge in [0.15, 0.2) is 0 Å². The Kier molecular flexibility index (Phi) is 3.45.